The molecule has 0 amide bonds. The van der Waals surface area contributed by atoms with Crippen molar-refractivity contribution in [1.82, 2.24) is 0 Å². The van der Waals surface area contributed by atoms with E-state index in [1.807, 2.05) is 0 Å². The van der Waals surface area contributed by atoms with Gasteiger partial charge < -0.3 is 57.4 Å². The second-order valence-electron chi connectivity index (χ2n) is 9.14. The second kappa shape index (κ2) is 16.2. The standard InChI is InChI=1S/C30H38N2O2.2HI/c1-31-21-19-29(25-15-9-11-17-27(25)31)33-23-13-7-5-3-4-6-8-14-24-34-30-20-22-32(2)28-18-12-10-16-26(28)30;;/h9-12,15-22H,3-8,13-14,23-24H2,1-2H3;2*1H/q+2;;/p-2. The number of rotatable bonds is 13. The Balaban J connectivity index is 0.00000228. The second-order valence-corrected chi connectivity index (χ2v) is 9.14. The molecule has 4 nitrogen and oxygen atoms in total. The molecule has 2 heterocycles. The lowest BCUT2D eigenvalue weighted by atomic mass is 10.1. The number of benzene rings is 2. The predicted octanol–water partition coefficient (Wildman–Crippen LogP) is 0.229. The van der Waals surface area contributed by atoms with Gasteiger partial charge >= 0.3 is 0 Å². The van der Waals surface area contributed by atoms with Crippen molar-refractivity contribution in [3.05, 3.63) is 73.1 Å². The van der Waals surface area contributed by atoms with Crippen LogP contribution in [-0.4, -0.2) is 13.2 Å². The monoisotopic (exact) mass is 712 g/mol. The van der Waals surface area contributed by atoms with E-state index in [4.69, 9.17) is 9.47 Å². The van der Waals surface area contributed by atoms with Gasteiger partial charge in [-0.2, -0.15) is 0 Å². The lowest BCUT2D eigenvalue weighted by molar-refractivity contribution is -0.645. The van der Waals surface area contributed by atoms with E-state index < -0.39 is 0 Å². The molecule has 0 atom stereocenters. The molecule has 4 aromatic rings. The first-order chi connectivity index (χ1) is 16.7. The van der Waals surface area contributed by atoms with Crippen LogP contribution in [0.2, 0.25) is 0 Å². The Morgan fingerprint density at radius 1 is 0.500 bits per heavy atom. The molecule has 0 fully saturated rings. The fourth-order valence-corrected chi connectivity index (χ4v) is 4.56. The van der Waals surface area contributed by atoms with Crippen LogP contribution in [0.5, 0.6) is 11.5 Å². The van der Waals surface area contributed by atoms with Crippen LogP contribution < -0.4 is 66.6 Å². The fraction of sp³-hybridized carbons (Fsp3) is 0.400. The Morgan fingerprint density at radius 3 is 1.28 bits per heavy atom. The van der Waals surface area contributed by atoms with Crippen molar-refractivity contribution in [3.63, 3.8) is 0 Å². The van der Waals surface area contributed by atoms with Gasteiger partial charge in [0.05, 0.1) is 24.0 Å². The number of pyridine rings is 2. The third-order valence-electron chi connectivity index (χ3n) is 6.55. The fourth-order valence-electron chi connectivity index (χ4n) is 4.56. The van der Waals surface area contributed by atoms with Crippen LogP contribution in [0.1, 0.15) is 51.4 Å². The molecule has 0 aliphatic rings. The number of aryl methyl sites for hydroxylation is 2. The molecule has 0 N–H and O–H groups in total. The lowest BCUT2D eigenvalue weighted by Gasteiger charge is -2.09. The average Bonchev–Trinajstić information content (AvgIpc) is 2.87. The van der Waals surface area contributed by atoms with Crippen molar-refractivity contribution in [1.29, 1.82) is 0 Å². The minimum atomic E-state index is 0. The Morgan fingerprint density at radius 2 is 0.861 bits per heavy atom. The maximum Gasteiger partial charge on any atom is 0.216 e. The first kappa shape index (κ1) is 30.5. The van der Waals surface area contributed by atoms with Crippen LogP contribution in [0.3, 0.4) is 0 Å². The normalized spacial score (nSPS) is 10.6. The minimum Gasteiger partial charge on any atom is -1.00 e. The first-order valence-electron chi connectivity index (χ1n) is 12.7. The minimum absolute atomic E-state index is 0. The topological polar surface area (TPSA) is 26.2 Å². The molecule has 0 aliphatic heterocycles. The number of fused-ring (bicyclic) bond motifs is 2. The predicted molar refractivity (Wildman–Crippen MR) is 138 cm³/mol. The summed E-state index contributed by atoms with van der Waals surface area (Å²) in [6, 6.07) is 21.0. The van der Waals surface area contributed by atoms with Crippen molar-refractivity contribution in [2.75, 3.05) is 13.2 Å². The summed E-state index contributed by atoms with van der Waals surface area (Å²) < 4.78 is 16.4. The van der Waals surface area contributed by atoms with Gasteiger partial charge in [0.1, 0.15) is 25.6 Å². The highest BCUT2D eigenvalue weighted by Crippen LogP contribution is 2.24. The van der Waals surface area contributed by atoms with Gasteiger partial charge in [-0.15, -0.1) is 0 Å². The molecule has 0 aliphatic carbocycles. The Kier molecular flexibility index (Phi) is 13.8. The zero-order valence-corrected chi connectivity index (χ0v) is 25.8. The molecule has 0 radical (unpaired) electrons. The van der Waals surface area contributed by atoms with Crippen molar-refractivity contribution >= 4 is 21.8 Å². The number of para-hydroxylation sites is 2. The molecule has 6 heteroatoms. The number of nitrogens with zero attached hydrogens (tertiary/aromatic N) is 2. The van der Waals surface area contributed by atoms with E-state index in [1.54, 1.807) is 0 Å². The van der Waals surface area contributed by atoms with E-state index in [0.29, 0.717) is 0 Å². The van der Waals surface area contributed by atoms with Gasteiger partial charge in [-0.1, -0.05) is 62.8 Å². The SMILES string of the molecule is C[n+]1ccc(OCCCCCCCCCCOc2cc[n+](C)c3ccccc23)c2ccccc21.[I-].[I-]. The summed E-state index contributed by atoms with van der Waals surface area (Å²) in [6.45, 7) is 1.59. The average molecular weight is 712 g/mol. The van der Waals surface area contributed by atoms with Crippen molar-refractivity contribution < 1.29 is 66.6 Å². The molecular formula is C30H38I2N2O2. The van der Waals surface area contributed by atoms with Crippen molar-refractivity contribution in [2.24, 2.45) is 14.1 Å². The van der Waals surface area contributed by atoms with Gasteiger partial charge in [-0.05, 0) is 25.0 Å². The molecule has 2 aromatic heterocycles. The summed E-state index contributed by atoms with van der Waals surface area (Å²) in [4.78, 5) is 0. The van der Waals surface area contributed by atoms with Crippen molar-refractivity contribution in [3.8, 4) is 11.5 Å². The third kappa shape index (κ3) is 8.43. The number of hydrogen-bond donors (Lipinski definition) is 0. The zero-order valence-electron chi connectivity index (χ0n) is 21.5. The summed E-state index contributed by atoms with van der Waals surface area (Å²) in [6.07, 6.45) is 14.1. The number of ether oxygens (including phenoxy) is 2. The van der Waals surface area contributed by atoms with E-state index >= 15 is 0 Å². The number of unbranched alkanes of at least 4 members (excludes halogenated alkanes) is 7. The molecular weight excluding hydrogens is 674 g/mol. The van der Waals surface area contributed by atoms with E-state index in [2.05, 4.69) is 96.3 Å². The molecule has 0 spiro atoms. The summed E-state index contributed by atoms with van der Waals surface area (Å²) in [5.74, 6) is 1.99. The van der Waals surface area contributed by atoms with E-state index in [1.165, 1.54) is 60.3 Å². The van der Waals surface area contributed by atoms with Crippen LogP contribution in [-0.2, 0) is 14.1 Å². The van der Waals surface area contributed by atoms with Crippen LogP contribution in [0.4, 0.5) is 0 Å². The number of hydrogen-bond acceptors (Lipinski definition) is 2. The first-order valence-corrected chi connectivity index (χ1v) is 12.7. The summed E-state index contributed by atoms with van der Waals surface area (Å²) in [5, 5.41) is 2.37. The third-order valence-corrected chi connectivity index (χ3v) is 6.55. The van der Waals surface area contributed by atoms with Gasteiger partial charge in [0, 0.05) is 24.3 Å². The van der Waals surface area contributed by atoms with Crippen LogP contribution in [0.15, 0.2) is 73.1 Å². The maximum atomic E-state index is 6.09. The molecule has 2 aromatic carbocycles. The summed E-state index contributed by atoms with van der Waals surface area (Å²) in [7, 11) is 4.15. The molecule has 4 rings (SSSR count). The zero-order chi connectivity index (χ0) is 23.6. The van der Waals surface area contributed by atoms with Crippen LogP contribution in [0.25, 0.3) is 21.8 Å². The lowest BCUT2D eigenvalue weighted by Crippen LogP contribution is -3.00. The van der Waals surface area contributed by atoms with Gasteiger partial charge in [0.25, 0.3) is 0 Å². The van der Waals surface area contributed by atoms with E-state index in [-0.39, 0.29) is 48.0 Å². The summed E-state index contributed by atoms with van der Waals surface area (Å²) >= 11 is 0. The van der Waals surface area contributed by atoms with Gasteiger partial charge in [0.15, 0.2) is 12.4 Å². The highest BCUT2D eigenvalue weighted by Gasteiger charge is 2.10. The quantitative estimate of drug-likeness (QED) is 0.113. The van der Waals surface area contributed by atoms with Crippen LogP contribution in [0, 0.1) is 0 Å². The number of aromatic nitrogens is 2. The van der Waals surface area contributed by atoms with Gasteiger partial charge in [0.2, 0.25) is 11.0 Å². The van der Waals surface area contributed by atoms with Gasteiger partial charge in [-0.3, -0.25) is 0 Å². The summed E-state index contributed by atoms with van der Waals surface area (Å²) in [5.41, 5.74) is 2.41. The molecule has 36 heavy (non-hydrogen) atoms. The van der Waals surface area contributed by atoms with E-state index in [9.17, 15) is 0 Å². The molecule has 194 valence electrons. The largest absolute Gasteiger partial charge is 1.00 e. The smallest absolute Gasteiger partial charge is 0.216 e. The van der Waals surface area contributed by atoms with Crippen molar-refractivity contribution in [2.45, 2.75) is 51.4 Å². The Hall–Kier alpha value is -1.68. The maximum absolute atomic E-state index is 6.09. The molecule has 0 saturated carbocycles. The van der Waals surface area contributed by atoms with Gasteiger partial charge in [-0.25, -0.2) is 9.13 Å². The number of halogens is 2. The molecule has 0 saturated heterocycles. The highest BCUT2D eigenvalue weighted by molar-refractivity contribution is 5.82. The Bertz CT molecular complexity index is 1120. The highest BCUT2D eigenvalue weighted by atomic mass is 127. The molecule has 0 bridgehead atoms. The Labute approximate surface area is 250 Å². The molecule has 0 unspecified atom stereocenters. The van der Waals surface area contributed by atoms with E-state index in [0.717, 1.165) is 37.6 Å². The van der Waals surface area contributed by atoms with Crippen LogP contribution >= 0.6 is 0 Å².